The number of ether oxygens (including phenoxy) is 1. The number of rotatable bonds is 4. The fourth-order valence-electron chi connectivity index (χ4n) is 2.67. The molecular weight excluding hydrogens is 359 g/mol. The lowest BCUT2D eigenvalue weighted by atomic mass is 9.85. The van der Waals surface area contributed by atoms with Gasteiger partial charge >= 0.3 is 12.2 Å². The van der Waals surface area contributed by atoms with Crippen LogP contribution in [0.2, 0.25) is 5.02 Å². The van der Waals surface area contributed by atoms with Crippen LogP contribution in [0.25, 0.3) is 0 Å². The van der Waals surface area contributed by atoms with Crippen LogP contribution in [0.15, 0.2) is 18.2 Å². The number of nitrogens with one attached hydrogen (secondary N) is 2. The Kier molecular flexibility index (Phi) is 6.37. The van der Waals surface area contributed by atoms with E-state index in [0.29, 0.717) is 12.8 Å². The van der Waals surface area contributed by atoms with Crippen molar-refractivity contribution in [2.24, 2.45) is 5.92 Å². The van der Waals surface area contributed by atoms with Crippen molar-refractivity contribution in [3.05, 3.63) is 23.2 Å². The molecule has 1 aromatic rings. The maximum absolute atomic E-state index is 12.3. The molecule has 0 heterocycles. The van der Waals surface area contributed by atoms with Gasteiger partial charge in [0.05, 0.1) is 17.7 Å². The largest absolute Gasteiger partial charge is 0.482 e. The summed E-state index contributed by atoms with van der Waals surface area (Å²) < 4.78 is 41.7. The lowest BCUT2D eigenvalue weighted by Crippen LogP contribution is -2.43. The maximum atomic E-state index is 12.3. The van der Waals surface area contributed by atoms with Crippen LogP contribution >= 0.6 is 11.6 Å². The molecule has 2 atom stereocenters. The molecule has 136 valence electrons. The van der Waals surface area contributed by atoms with Crippen LogP contribution < -0.4 is 15.4 Å². The Morgan fingerprint density at radius 1 is 1.36 bits per heavy atom. The number of benzene rings is 1. The summed E-state index contributed by atoms with van der Waals surface area (Å²) in [6.45, 7) is -1.48. The minimum Gasteiger partial charge on any atom is -0.482 e. The summed E-state index contributed by atoms with van der Waals surface area (Å²) in [5.74, 6) is -0.419. The Hall–Kier alpha value is -2.14. The van der Waals surface area contributed by atoms with Gasteiger partial charge in [0.25, 0.3) is 0 Å². The SMILES string of the molecule is N#CC1CCCCC1NC(=O)Nc1cc(Cl)ccc1OCC(F)(F)F. The third-order valence-corrected chi connectivity index (χ3v) is 4.06. The molecule has 0 bridgehead atoms. The summed E-state index contributed by atoms with van der Waals surface area (Å²) >= 11 is 5.84. The van der Waals surface area contributed by atoms with Gasteiger partial charge in [0, 0.05) is 11.1 Å². The number of anilines is 1. The van der Waals surface area contributed by atoms with Crippen molar-refractivity contribution in [2.75, 3.05) is 11.9 Å². The fraction of sp³-hybridized carbons (Fsp3) is 0.500. The molecule has 1 aliphatic carbocycles. The number of alkyl halides is 3. The van der Waals surface area contributed by atoms with Gasteiger partial charge in [-0.15, -0.1) is 0 Å². The van der Waals surface area contributed by atoms with Crippen LogP contribution in [0, 0.1) is 17.2 Å². The highest BCUT2D eigenvalue weighted by molar-refractivity contribution is 6.31. The molecule has 1 saturated carbocycles. The van der Waals surface area contributed by atoms with Crippen LogP contribution in [0.1, 0.15) is 25.7 Å². The quantitative estimate of drug-likeness (QED) is 0.814. The number of carbonyl (C=O) groups is 1. The standard InChI is InChI=1S/C16H17ClF3N3O2/c17-11-5-6-14(25-9-16(18,19)20)13(7-11)23-15(24)22-12-4-2-1-3-10(12)8-21/h5-7,10,12H,1-4,9H2,(H2,22,23,24). The maximum Gasteiger partial charge on any atom is 0.422 e. The van der Waals surface area contributed by atoms with Gasteiger partial charge in [0.2, 0.25) is 0 Å². The highest BCUT2D eigenvalue weighted by atomic mass is 35.5. The topological polar surface area (TPSA) is 74.2 Å². The molecule has 5 nitrogen and oxygen atoms in total. The van der Waals surface area contributed by atoms with Gasteiger partial charge in [-0.1, -0.05) is 24.4 Å². The minimum atomic E-state index is -4.50. The third-order valence-electron chi connectivity index (χ3n) is 3.83. The first-order valence-electron chi connectivity index (χ1n) is 7.75. The van der Waals surface area contributed by atoms with Crippen molar-refractivity contribution >= 4 is 23.3 Å². The van der Waals surface area contributed by atoms with Gasteiger partial charge in [-0.2, -0.15) is 18.4 Å². The third kappa shape index (κ3) is 6.02. The van der Waals surface area contributed by atoms with E-state index in [2.05, 4.69) is 16.7 Å². The summed E-state index contributed by atoms with van der Waals surface area (Å²) in [5, 5.41) is 14.5. The van der Waals surface area contributed by atoms with Gasteiger partial charge in [-0.25, -0.2) is 4.79 Å². The highest BCUT2D eigenvalue weighted by Gasteiger charge is 2.29. The van der Waals surface area contributed by atoms with E-state index in [4.69, 9.17) is 21.6 Å². The summed E-state index contributed by atoms with van der Waals surface area (Å²) in [5.41, 5.74) is 0.0265. The molecule has 0 aromatic heterocycles. The fourth-order valence-corrected chi connectivity index (χ4v) is 2.84. The second kappa shape index (κ2) is 8.30. The molecule has 9 heteroatoms. The van der Waals surface area contributed by atoms with Crippen molar-refractivity contribution in [3.63, 3.8) is 0 Å². The Balaban J connectivity index is 2.04. The molecule has 25 heavy (non-hydrogen) atoms. The van der Waals surface area contributed by atoms with Crippen molar-refractivity contribution < 1.29 is 22.7 Å². The zero-order valence-electron chi connectivity index (χ0n) is 13.2. The number of nitrogens with zero attached hydrogens (tertiary/aromatic N) is 1. The average Bonchev–Trinajstić information content (AvgIpc) is 2.53. The molecule has 2 rings (SSSR count). The molecule has 2 N–H and O–H groups in total. The highest BCUT2D eigenvalue weighted by Crippen LogP contribution is 2.30. The van der Waals surface area contributed by atoms with E-state index >= 15 is 0 Å². The zero-order valence-corrected chi connectivity index (χ0v) is 14.0. The Morgan fingerprint density at radius 3 is 2.76 bits per heavy atom. The summed E-state index contributed by atoms with van der Waals surface area (Å²) in [7, 11) is 0. The van der Waals surface area contributed by atoms with Gasteiger partial charge in [0.1, 0.15) is 5.75 Å². The zero-order chi connectivity index (χ0) is 18.4. The predicted molar refractivity (Wildman–Crippen MR) is 86.5 cm³/mol. The lowest BCUT2D eigenvalue weighted by molar-refractivity contribution is -0.153. The van der Waals surface area contributed by atoms with Crippen molar-refractivity contribution in [1.29, 1.82) is 5.26 Å². The van der Waals surface area contributed by atoms with E-state index in [-0.39, 0.29) is 28.4 Å². The van der Waals surface area contributed by atoms with Crippen molar-refractivity contribution in [2.45, 2.75) is 37.9 Å². The van der Waals surface area contributed by atoms with Crippen LogP contribution in [-0.2, 0) is 0 Å². The predicted octanol–water partition coefficient (Wildman–Crippen LogP) is 4.48. The molecule has 0 aliphatic heterocycles. The van der Waals surface area contributed by atoms with E-state index in [9.17, 15) is 18.0 Å². The average molecular weight is 376 g/mol. The molecule has 1 aromatic carbocycles. The second-order valence-electron chi connectivity index (χ2n) is 5.77. The number of amides is 2. The van der Waals surface area contributed by atoms with Crippen LogP contribution in [0.5, 0.6) is 5.75 Å². The number of urea groups is 1. The first-order chi connectivity index (χ1) is 11.8. The minimum absolute atomic E-state index is 0.0265. The summed E-state index contributed by atoms with van der Waals surface area (Å²) in [6.07, 6.45) is -1.28. The lowest BCUT2D eigenvalue weighted by Gasteiger charge is -2.27. The Morgan fingerprint density at radius 2 is 2.08 bits per heavy atom. The van der Waals surface area contributed by atoms with Gasteiger partial charge in [-0.05, 0) is 31.0 Å². The number of carbonyl (C=O) groups excluding carboxylic acids is 1. The number of hydrogen-bond acceptors (Lipinski definition) is 3. The normalized spacial score (nSPS) is 20.4. The Labute approximate surface area is 148 Å². The van der Waals surface area contributed by atoms with Crippen molar-refractivity contribution in [1.82, 2.24) is 5.32 Å². The molecular formula is C16H17ClF3N3O2. The first-order valence-corrected chi connectivity index (χ1v) is 8.12. The summed E-state index contributed by atoms with van der Waals surface area (Å²) in [4.78, 5) is 12.2. The number of halogens is 4. The molecule has 0 radical (unpaired) electrons. The van der Waals surface area contributed by atoms with Gasteiger partial charge in [-0.3, -0.25) is 0 Å². The smallest absolute Gasteiger partial charge is 0.422 e. The second-order valence-corrected chi connectivity index (χ2v) is 6.21. The van der Waals surface area contributed by atoms with E-state index in [1.54, 1.807) is 0 Å². The number of nitriles is 1. The Bertz CT molecular complexity index is 661. The molecule has 0 saturated heterocycles. The molecule has 2 unspecified atom stereocenters. The number of hydrogen-bond donors (Lipinski definition) is 2. The van der Waals surface area contributed by atoms with Crippen LogP contribution in [0.3, 0.4) is 0 Å². The van der Waals surface area contributed by atoms with Gasteiger partial charge in [0.15, 0.2) is 6.61 Å². The van der Waals surface area contributed by atoms with Gasteiger partial charge < -0.3 is 15.4 Å². The molecule has 1 fully saturated rings. The van der Waals surface area contributed by atoms with E-state index in [1.165, 1.54) is 18.2 Å². The van der Waals surface area contributed by atoms with Crippen LogP contribution in [0.4, 0.5) is 23.7 Å². The van der Waals surface area contributed by atoms with E-state index in [0.717, 1.165) is 12.8 Å². The van der Waals surface area contributed by atoms with Crippen molar-refractivity contribution in [3.8, 4) is 11.8 Å². The van der Waals surface area contributed by atoms with E-state index < -0.39 is 18.8 Å². The van der Waals surface area contributed by atoms with Crippen LogP contribution in [-0.4, -0.2) is 24.9 Å². The monoisotopic (exact) mass is 375 g/mol. The van der Waals surface area contributed by atoms with E-state index in [1.807, 2.05) is 0 Å². The first kappa shape index (κ1) is 19.2. The molecule has 1 aliphatic rings. The summed E-state index contributed by atoms with van der Waals surface area (Å²) in [6, 6.07) is 5.17. The molecule has 2 amide bonds. The molecule has 0 spiro atoms.